The van der Waals surface area contributed by atoms with Crippen LogP contribution in [0.15, 0.2) is 88.9 Å². The Bertz CT molecular complexity index is 1580. The van der Waals surface area contributed by atoms with Gasteiger partial charge in [-0.3, -0.25) is 14.2 Å². The first-order chi connectivity index (χ1) is 18.7. The summed E-state index contributed by atoms with van der Waals surface area (Å²) < 4.78 is 41.2. The van der Waals surface area contributed by atoms with Crippen LogP contribution in [0.25, 0.3) is 5.69 Å². The number of hydrogen-bond donors (Lipinski definition) is 2. The van der Waals surface area contributed by atoms with Crippen molar-refractivity contribution in [2.45, 2.75) is 16.6 Å². The second kappa shape index (κ2) is 12.2. The molecule has 1 heterocycles. The molecule has 4 aromatic rings. The van der Waals surface area contributed by atoms with E-state index in [-0.39, 0.29) is 28.4 Å². The molecule has 0 spiro atoms. The van der Waals surface area contributed by atoms with E-state index < -0.39 is 27.7 Å². The van der Waals surface area contributed by atoms with Crippen LogP contribution < -0.4 is 10.6 Å². The van der Waals surface area contributed by atoms with Crippen LogP contribution in [0, 0.1) is 5.82 Å². The fraction of sp³-hybridized carbons (Fsp3) is 0.154. The molecule has 2 amide bonds. The molecule has 3 aromatic carbocycles. The molecule has 0 fully saturated rings. The number of rotatable bonds is 10. The van der Waals surface area contributed by atoms with Crippen molar-refractivity contribution in [3.05, 3.63) is 96.1 Å². The van der Waals surface area contributed by atoms with Crippen molar-refractivity contribution in [3.63, 3.8) is 0 Å². The summed E-state index contributed by atoms with van der Waals surface area (Å²) in [4.78, 5) is 25.3. The van der Waals surface area contributed by atoms with E-state index in [0.717, 1.165) is 21.8 Å². The Kier molecular flexibility index (Phi) is 8.74. The lowest BCUT2D eigenvalue weighted by molar-refractivity contribution is -0.113. The average molecular weight is 569 g/mol. The van der Waals surface area contributed by atoms with Crippen molar-refractivity contribution >= 4 is 39.3 Å². The number of sulfonamides is 1. The van der Waals surface area contributed by atoms with Crippen LogP contribution in [-0.4, -0.2) is 59.2 Å². The first-order valence-corrected chi connectivity index (χ1v) is 14.1. The molecule has 1 aromatic heterocycles. The molecule has 0 saturated heterocycles. The van der Waals surface area contributed by atoms with Crippen LogP contribution in [0.4, 0.5) is 10.1 Å². The van der Waals surface area contributed by atoms with Crippen molar-refractivity contribution < 1.29 is 22.4 Å². The molecular formula is C26H25FN6O4S2. The van der Waals surface area contributed by atoms with Gasteiger partial charge in [-0.25, -0.2) is 17.1 Å². The smallest absolute Gasteiger partial charge is 0.251 e. The average Bonchev–Trinajstić information content (AvgIpc) is 3.35. The molecular weight excluding hydrogens is 543 g/mol. The summed E-state index contributed by atoms with van der Waals surface area (Å²) in [6, 6.07) is 20.7. The summed E-state index contributed by atoms with van der Waals surface area (Å²) in [6.45, 7) is 0.0143. The first-order valence-electron chi connectivity index (χ1n) is 11.6. The first kappa shape index (κ1) is 28.0. The number of halogens is 1. The molecule has 0 aliphatic heterocycles. The fourth-order valence-electron chi connectivity index (χ4n) is 3.47. The Morgan fingerprint density at radius 3 is 2.28 bits per heavy atom. The lowest BCUT2D eigenvalue weighted by Crippen LogP contribution is -2.25. The summed E-state index contributed by atoms with van der Waals surface area (Å²) in [6.07, 6.45) is 0. The van der Waals surface area contributed by atoms with Crippen LogP contribution >= 0.6 is 11.8 Å². The van der Waals surface area contributed by atoms with Gasteiger partial charge in [0.15, 0.2) is 11.0 Å². The zero-order valence-corrected chi connectivity index (χ0v) is 22.7. The van der Waals surface area contributed by atoms with Crippen molar-refractivity contribution in [1.82, 2.24) is 24.4 Å². The van der Waals surface area contributed by atoms with Crippen LogP contribution in [0.5, 0.6) is 0 Å². The highest BCUT2D eigenvalue weighted by Gasteiger charge is 2.19. The topological polar surface area (TPSA) is 126 Å². The van der Waals surface area contributed by atoms with Gasteiger partial charge in [-0.05, 0) is 48.5 Å². The summed E-state index contributed by atoms with van der Waals surface area (Å²) in [5, 5.41) is 14.1. The largest absolute Gasteiger partial charge is 0.345 e. The van der Waals surface area contributed by atoms with E-state index in [1.807, 2.05) is 30.3 Å². The zero-order valence-electron chi connectivity index (χ0n) is 21.0. The second-order valence-electron chi connectivity index (χ2n) is 8.38. The minimum Gasteiger partial charge on any atom is -0.345 e. The van der Waals surface area contributed by atoms with E-state index >= 15 is 0 Å². The highest BCUT2D eigenvalue weighted by molar-refractivity contribution is 7.99. The second-order valence-corrected chi connectivity index (χ2v) is 11.5. The molecule has 10 nitrogen and oxygen atoms in total. The third kappa shape index (κ3) is 6.69. The summed E-state index contributed by atoms with van der Waals surface area (Å²) in [5.74, 6) is -1.01. The highest BCUT2D eigenvalue weighted by Crippen LogP contribution is 2.23. The van der Waals surface area contributed by atoms with Gasteiger partial charge in [0.2, 0.25) is 15.9 Å². The Balaban J connectivity index is 1.47. The van der Waals surface area contributed by atoms with Crippen molar-refractivity contribution in [1.29, 1.82) is 0 Å². The van der Waals surface area contributed by atoms with E-state index in [2.05, 4.69) is 20.8 Å². The summed E-state index contributed by atoms with van der Waals surface area (Å²) in [5.41, 5.74) is 1.09. The summed E-state index contributed by atoms with van der Waals surface area (Å²) >= 11 is 1.11. The van der Waals surface area contributed by atoms with Gasteiger partial charge in [0.05, 0.1) is 22.9 Å². The maximum absolute atomic E-state index is 13.9. The highest BCUT2D eigenvalue weighted by atomic mass is 32.2. The molecule has 0 unspecified atom stereocenters. The SMILES string of the molecule is CN(C)S(=O)(=O)c1ccc(C(=O)NCc2nnc(SCC(=O)Nc3ccccc3F)n2-c2ccccc2)cc1. The molecule has 0 bridgehead atoms. The van der Waals surface area contributed by atoms with Crippen molar-refractivity contribution in [3.8, 4) is 5.69 Å². The van der Waals surface area contributed by atoms with Crippen LogP contribution in [0.2, 0.25) is 0 Å². The number of aromatic nitrogens is 3. The van der Waals surface area contributed by atoms with E-state index in [0.29, 0.717) is 11.0 Å². The van der Waals surface area contributed by atoms with Gasteiger partial charge in [-0.1, -0.05) is 42.1 Å². The van der Waals surface area contributed by atoms with Crippen LogP contribution in [-0.2, 0) is 21.4 Å². The monoisotopic (exact) mass is 568 g/mol. The normalized spacial score (nSPS) is 11.4. The predicted octanol–water partition coefficient (Wildman–Crippen LogP) is 3.32. The number of nitrogens with zero attached hydrogens (tertiary/aromatic N) is 4. The molecule has 202 valence electrons. The van der Waals surface area contributed by atoms with E-state index in [1.54, 1.807) is 10.6 Å². The van der Waals surface area contributed by atoms with Gasteiger partial charge < -0.3 is 10.6 Å². The Labute approximate surface area is 229 Å². The number of anilines is 1. The third-order valence-corrected chi connectivity index (χ3v) is 8.26. The standard InChI is InChI=1S/C26H25FN6O4S2/c1-32(2)39(36,37)20-14-12-18(13-15-20)25(35)28-16-23-30-31-26(33(23)19-8-4-3-5-9-19)38-17-24(34)29-22-11-7-6-10-21(22)27/h3-15H,16-17H2,1-2H3,(H,28,35)(H,29,34). The maximum Gasteiger partial charge on any atom is 0.251 e. The number of nitrogens with one attached hydrogen (secondary N) is 2. The number of carbonyl (C=O) groups excluding carboxylic acids is 2. The third-order valence-electron chi connectivity index (χ3n) is 5.50. The Hall–Kier alpha value is -4.07. The molecule has 39 heavy (non-hydrogen) atoms. The number of thioether (sulfide) groups is 1. The van der Waals surface area contributed by atoms with Gasteiger partial charge in [0.25, 0.3) is 5.91 Å². The predicted molar refractivity (Wildman–Crippen MR) is 146 cm³/mol. The van der Waals surface area contributed by atoms with E-state index in [4.69, 9.17) is 0 Å². The molecule has 0 aliphatic rings. The molecule has 0 atom stereocenters. The van der Waals surface area contributed by atoms with Gasteiger partial charge in [-0.15, -0.1) is 10.2 Å². The number of amides is 2. The van der Waals surface area contributed by atoms with Crippen molar-refractivity contribution in [2.75, 3.05) is 25.2 Å². The van der Waals surface area contributed by atoms with Crippen LogP contribution in [0.3, 0.4) is 0 Å². The van der Waals surface area contributed by atoms with Gasteiger partial charge >= 0.3 is 0 Å². The minimum atomic E-state index is -3.61. The lowest BCUT2D eigenvalue weighted by Gasteiger charge is -2.12. The number of carbonyl (C=O) groups is 2. The molecule has 0 saturated carbocycles. The van der Waals surface area contributed by atoms with E-state index in [9.17, 15) is 22.4 Å². The minimum absolute atomic E-state index is 0.0143. The Morgan fingerprint density at radius 2 is 1.62 bits per heavy atom. The molecule has 4 rings (SSSR count). The van der Waals surface area contributed by atoms with E-state index in [1.165, 1.54) is 56.6 Å². The molecule has 13 heteroatoms. The lowest BCUT2D eigenvalue weighted by atomic mass is 10.2. The Morgan fingerprint density at radius 1 is 0.949 bits per heavy atom. The summed E-state index contributed by atoms with van der Waals surface area (Å²) in [7, 11) is -0.746. The molecule has 0 aliphatic carbocycles. The van der Waals surface area contributed by atoms with Crippen molar-refractivity contribution in [2.24, 2.45) is 0 Å². The number of hydrogen-bond acceptors (Lipinski definition) is 7. The zero-order chi connectivity index (χ0) is 28.0. The van der Waals surface area contributed by atoms with Gasteiger partial charge in [0.1, 0.15) is 5.82 Å². The number of para-hydroxylation sites is 2. The fourth-order valence-corrected chi connectivity index (χ4v) is 5.15. The maximum atomic E-state index is 13.9. The molecule has 0 radical (unpaired) electrons. The van der Waals surface area contributed by atoms with Gasteiger partial charge in [0, 0.05) is 25.3 Å². The number of benzene rings is 3. The molecule has 2 N–H and O–H groups in total. The van der Waals surface area contributed by atoms with Crippen LogP contribution in [0.1, 0.15) is 16.2 Å². The quantitative estimate of drug-likeness (QED) is 0.281. The van der Waals surface area contributed by atoms with Gasteiger partial charge in [-0.2, -0.15) is 0 Å².